The standard InChI is InChI=1S/C15H22F2N2OS/c1-5-15(6-2,21-4)9-19-14(20)10-7-11(16)13(18-3)12(17)8-10/h7-8,18H,5-6,9H2,1-4H3,(H,19,20). The van der Waals surface area contributed by atoms with Crippen LogP contribution in [0.1, 0.15) is 37.0 Å². The summed E-state index contributed by atoms with van der Waals surface area (Å²) in [5, 5.41) is 5.20. The minimum absolute atomic E-state index is 0.00814. The summed E-state index contributed by atoms with van der Waals surface area (Å²) in [6.07, 6.45) is 3.82. The molecule has 0 atom stereocenters. The van der Waals surface area contributed by atoms with Gasteiger partial charge in [0.2, 0.25) is 0 Å². The first-order valence-electron chi connectivity index (χ1n) is 6.93. The molecule has 1 rings (SSSR count). The summed E-state index contributed by atoms with van der Waals surface area (Å²) >= 11 is 1.69. The van der Waals surface area contributed by atoms with Gasteiger partial charge in [0.05, 0.1) is 0 Å². The molecule has 3 nitrogen and oxygen atoms in total. The Balaban J connectivity index is 2.86. The second-order valence-electron chi connectivity index (χ2n) is 4.84. The summed E-state index contributed by atoms with van der Waals surface area (Å²) in [5.41, 5.74) is -0.238. The van der Waals surface area contributed by atoms with E-state index in [1.54, 1.807) is 11.8 Å². The van der Waals surface area contributed by atoms with Gasteiger partial charge in [-0.05, 0) is 31.2 Å². The first kappa shape index (κ1) is 17.8. The lowest BCUT2D eigenvalue weighted by Crippen LogP contribution is -2.39. The summed E-state index contributed by atoms with van der Waals surface area (Å²) in [6.45, 7) is 4.59. The lowest BCUT2D eigenvalue weighted by atomic mass is 10.0. The summed E-state index contributed by atoms with van der Waals surface area (Å²) in [6, 6.07) is 2.09. The fourth-order valence-electron chi connectivity index (χ4n) is 2.15. The predicted octanol–water partition coefficient (Wildman–Crippen LogP) is 3.66. The molecule has 0 aliphatic heterocycles. The molecule has 0 bridgehead atoms. The van der Waals surface area contributed by atoms with Crippen LogP contribution in [0.3, 0.4) is 0 Å². The molecule has 0 unspecified atom stereocenters. The second kappa shape index (κ2) is 7.64. The summed E-state index contributed by atoms with van der Waals surface area (Å²) in [5.74, 6) is -2.01. The number of carbonyl (C=O) groups excluding carboxylic acids is 1. The smallest absolute Gasteiger partial charge is 0.251 e. The van der Waals surface area contributed by atoms with Gasteiger partial charge in [-0.3, -0.25) is 4.79 Å². The van der Waals surface area contributed by atoms with Crippen LogP contribution in [-0.4, -0.2) is 30.5 Å². The molecule has 0 aliphatic carbocycles. The molecule has 2 N–H and O–H groups in total. The van der Waals surface area contributed by atoms with Gasteiger partial charge in [-0.25, -0.2) is 8.78 Å². The van der Waals surface area contributed by atoms with Gasteiger partial charge in [0.25, 0.3) is 5.91 Å². The molecular weight excluding hydrogens is 294 g/mol. The lowest BCUT2D eigenvalue weighted by Gasteiger charge is -2.29. The molecular formula is C15H22F2N2OS. The van der Waals surface area contributed by atoms with E-state index >= 15 is 0 Å². The van der Waals surface area contributed by atoms with Crippen LogP contribution >= 0.6 is 11.8 Å². The fraction of sp³-hybridized carbons (Fsp3) is 0.533. The summed E-state index contributed by atoms with van der Waals surface area (Å²) in [4.78, 5) is 12.1. The Bertz CT molecular complexity index is 473. The van der Waals surface area contributed by atoms with Crippen molar-refractivity contribution in [3.63, 3.8) is 0 Å². The molecule has 0 aliphatic rings. The first-order chi connectivity index (χ1) is 9.92. The van der Waals surface area contributed by atoms with E-state index < -0.39 is 17.5 Å². The van der Waals surface area contributed by atoms with Crippen molar-refractivity contribution in [2.45, 2.75) is 31.4 Å². The van der Waals surface area contributed by atoms with E-state index in [9.17, 15) is 13.6 Å². The Morgan fingerprint density at radius 1 is 1.24 bits per heavy atom. The number of anilines is 1. The molecule has 1 aromatic rings. The average Bonchev–Trinajstić information content (AvgIpc) is 2.48. The third-order valence-electron chi connectivity index (χ3n) is 3.85. The minimum Gasteiger partial charge on any atom is -0.383 e. The SMILES string of the molecule is CCC(CC)(CNC(=O)c1cc(F)c(NC)c(F)c1)SC. The molecule has 0 spiro atoms. The number of hydrogen-bond donors (Lipinski definition) is 2. The molecule has 0 fully saturated rings. The van der Waals surface area contributed by atoms with Crippen molar-refractivity contribution in [1.82, 2.24) is 5.32 Å². The minimum atomic E-state index is -0.773. The number of benzene rings is 1. The van der Waals surface area contributed by atoms with E-state index in [0.29, 0.717) is 6.54 Å². The molecule has 0 aromatic heterocycles. The number of amides is 1. The third-order valence-corrected chi connectivity index (χ3v) is 5.43. The van der Waals surface area contributed by atoms with Crippen molar-refractivity contribution >= 4 is 23.4 Å². The maximum Gasteiger partial charge on any atom is 0.251 e. The van der Waals surface area contributed by atoms with E-state index in [1.807, 2.05) is 6.26 Å². The maximum absolute atomic E-state index is 13.7. The van der Waals surface area contributed by atoms with E-state index in [-0.39, 0.29) is 16.0 Å². The van der Waals surface area contributed by atoms with Crippen LogP contribution in [0.15, 0.2) is 12.1 Å². The van der Waals surface area contributed by atoms with Gasteiger partial charge < -0.3 is 10.6 Å². The Hall–Kier alpha value is -1.30. The Morgan fingerprint density at radius 2 is 1.76 bits per heavy atom. The zero-order valence-corrected chi connectivity index (χ0v) is 13.7. The number of halogens is 2. The summed E-state index contributed by atoms with van der Waals surface area (Å²) in [7, 11) is 1.43. The van der Waals surface area contributed by atoms with Crippen molar-refractivity contribution in [3.8, 4) is 0 Å². The highest BCUT2D eigenvalue weighted by atomic mass is 32.2. The molecule has 0 radical (unpaired) electrons. The maximum atomic E-state index is 13.7. The van der Waals surface area contributed by atoms with Crippen LogP contribution in [0, 0.1) is 11.6 Å². The second-order valence-corrected chi connectivity index (χ2v) is 6.12. The van der Waals surface area contributed by atoms with Gasteiger partial charge in [0.1, 0.15) is 17.3 Å². The Kier molecular flexibility index (Phi) is 6.45. The molecule has 0 saturated carbocycles. The topological polar surface area (TPSA) is 41.1 Å². The van der Waals surface area contributed by atoms with Crippen LogP contribution in [0.5, 0.6) is 0 Å². The molecule has 21 heavy (non-hydrogen) atoms. The van der Waals surface area contributed by atoms with Crippen molar-refractivity contribution in [3.05, 3.63) is 29.3 Å². The average molecular weight is 316 g/mol. The van der Waals surface area contributed by atoms with Gasteiger partial charge >= 0.3 is 0 Å². The van der Waals surface area contributed by atoms with E-state index in [4.69, 9.17) is 0 Å². The Labute approximate surface area is 128 Å². The van der Waals surface area contributed by atoms with Crippen molar-refractivity contribution < 1.29 is 13.6 Å². The van der Waals surface area contributed by atoms with Crippen LogP contribution in [0.25, 0.3) is 0 Å². The molecule has 6 heteroatoms. The van der Waals surface area contributed by atoms with Crippen LogP contribution in [-0.2, 0) is 0 Å². The predicted molar refractivity (Wildman–Crippen MR) is 85.1 cm³/mol. The molecule has 0 heterocycles. The zero-order chi connectivity index (χ0) is 16.0. The van der Waals surface area contributed by atoms with Crippen molar-refractivity contribution in [1.29, 1.82) is 0 Å². The molecule has 118 valence electrons. The number of rotatable bonds is 7. The molecule has 1 aromatic carbocycles. The fourth-order valence-corrected chi connectivity index (χ4v) is 2.94. The number of nitrogens with one attached hydrogen (secondary N) is 2. The van der Waals surface area contributed by atoms with E-state index in [2.05, 4.69) is 24.5 Å². The molecule has 0 saturated heterocycles. The van der Waals surface area contributed by atoms with Crippen molar-refractivity contribution in [2.24, 2.45) is 0 Å². The number of thioether (sulfide) groups is 1. The molecule has 1 amide bonds. The largest absolute Gasteiger partial charge is 0.383 e. The van der Waals surface area contributed by atoms with Gasteiger partial charge in [0.15, 0.2) is 0 Å². The first-order valence-corrected chi connectivity index (χ1v) is 8.15. The van der Waals surface area contributed by atoms with E-state index in [0.717, 1.165) is 25.0 Å². The van der Waals surface area contributed by atoms with Crippen LogP contribution in [0.4, 0.5) is 14.5 Å². The Morgan fingerprint density at radius 3 is 2.14 bits per heavy atom. The number of carbonyl (C=O) groups is 1. The van der Waals surface area contributed by atoms with Gasteiger partial charge in [-0.2, -0.15) is 11.8 Å². The summed E-state index contributed by atoms with van der Waals surface area (Å²) < 4.78 is 27.3. The van der Waals surface area contributed by atoms with Crippen LogP contribution in [0.2, 0.25) is 0 Å². The van der Waals surface area contributed by atoms with Gasteiger partial charge in [-0.15, -0.1) is 0 Å². The van der Waals surface area contributed by atoms with Crippen molar-refractivity contribution in [2.75, 3.05) is 25.2 Å². The normalized spacial score (nSPS) is 11.3. The highest BCUT2D eigenvalue weighted by Gasteiger charge is 2.26. The highest BCUT2D eigenvalue weighted by molar-refractivity contribution is 8.00. The van der Waals surface area contributed by atoms with Crippen LogP contribution < -0.4 is 10.6 Å². The number of hydrogen-bond acceptors (Lipinski definition) is 3. The van der Waals surface area contributed by atoms with Gasteiger partial charge in [-0.1, -0.05) is 13.8 Å². The van der Waals surface area contributed by atoms with E-state index in [1.165, 1.54) is 7.05 Å². The third kappa shape index (κ3) is 4.09. The van der Waals surface area contributed by atoms with Gasteiger partial charge in [0, 0.05) is 23.9 Å². The lowest BCUT2D eigenvalue weighted by molar-refractivity contribution is 0.0948. The quantitative estimate of drug-likeness (QED) is 0.806. The zero-order valence-electron chi connectivity index (χ0n) is 12.8. The monoisotopic (exact) mass is 316 g/mol. The highest BCUT2D eigenvalue weighted by Crippen LogP contribution is 2.29.